The molecule has 0 saturated heterocycles. The molecule has 0 aromatic heterocycles. The molecule has 238 valence electrons. The zero-order valence-electron chi connectivity index (χ0n) is 18.6. The fourth-order valence-corrected chi connectivity index (χ4v) is 1.85. The van der Waals surface area contributed by atoms with Gasteiger partial charge in [-0.25, -0.2) is 9.47 Å². The predicted molar refractivity (Wildman–Crippen MR) is 82.6 cm³/mol. The lowest BCUT2D eigenvalue weighted by Crippen LogP contribution is -2.59. The number of carboxylic acid groups (broad SMARTS) is 2. The fourth-order valence-electron chi connectivity index (χ4n) is 1.85. The molecule has 8 nitrogen and oxygen atoms in total. The third-order valence-electron chi connectivity index (χ3n) is 4.10. The fraction of sp³-hybridized carbons (Fsp3) is 0.875. The van der Waals surface area contributed by atoms with Crippen molar-refractivity contribution in [1.29, 1.82) is 0 Å². The van der Waals surface area contributed by atoms with Gasteiger partial charge in [0.25, 0.3) is 0 Å². The first-order chi connectivity index (χ1) is 17.5. The largest absolute Gasteiger partial charge is 0.544 e. The van der Waals surface area contributed by atoms with Crippen LogP contribution in [0.4, 0.5) is 70.2 Å². The summed E-state index contributed by atoms with van der Waals surface area (Å²) < 4.78 is 221. The number of carbonyl (C=O) groups excluding carboxylic acids is 2. The monoisotopic (exact) mass is 636 g/mol. The Kier molecular flexibility index (Phi) is 11.5. The first kappa shape index (κ1) is 37.7. The van der Waals surface area contributed by atoms with Crippen molar-refractivity contribution >= 4 is 11.9 Å². The van der Waals surface area contributed by atoms with Gasteiger partial charge < -0.3 is 29.3 Å². The minimum absolute atomic E-state index is 1.05. The van der Waals surface area contributed by atoms with Crippen LogP contribution in [0.25, 0.3) is 0 Å². The van der Waals surface area contributed by atoms with Gasteiger partial charge in [-0.05, 0) is 0 Å². The smallest absolute Gasteiger partial charge is 0.429 e. The van der Waals surface area contributed by atoms with E-state index in [9.17, 15) is 90.0 Å². The molecule has 0 aliphatic rings. The van der Waals surface area contributed by atoms with Crippen molar-refractivity contribution in [3.8, 4) is 0 Å². The number of hydrogen-bond acceptors (Lipinski definition) is 8. The van der Waals surface area contributed by atoms with Crippen LogP contribution in [0.2, 0.25) is 0 Å². The van der Waals surface area contributed by atoms with E-state index in [0.29, 0.717) is 0 Å². The summed E-state index contributed by atoms with van der Waals surface area (Å²) in [5.41, 5.74) is 0. The SMILES string of the molecule is O=C([O-])C(F)(F)C(F)(F)OC(F)(F)C(F)(F)CCOCCOCCC(F)(F)C(F)(F)OC(F)(F)C(F)(F)C(=O)[O-]. The molecular weight excluding hydrogens is 624 g/mol. The molecular formula is C16H12F16O8-2. The summed E-state index contributed by atoms with van der Waals surface area (Å²) in [6.07, 6.45) is -30.8. The average Bonchev–Trinajstić information content (AvgIpc) is 2.73. The van der Waals surface area contributed by atoms with Gasteiger partial charge in [0.2, 0.25) is 0 Å². The highest BCUT2D eigenvalue weighted by Gasteiger charge is 2.70. The van der Waals surface area contributed by atoms with E-state index >= 15 is 0 Å². The Morgan fingerprint density at radius 2 is 0.700 bits per heavy atom. The van der Waals surface area contributed by atoms with Crippen LogP contribution in [0.3, 0.4) is 0 Å². The molecule has 0 heterocycles. The van der Waals surface area contributed by atoms with Crippen molar-refractivity contribution in [3.05, 3.63) is 0 Å². The van der Waals surface area contributed by atoms with Gasteiger partial charge in [0.1, 0.15) is 11.9 Å². The van der Waals surface area contributed by atoms with Crippen molar-refractivity contribution in [2.24, 2.45) is 0 Å². The lowest BCUT2D eigenvalue weighted by Gasteiger charge is -2.33. The Hall–Kier alpha value is -2.34. The summed E-state index contributed by atoms with van der Waals surface area (Å²) in [5.74, 6) is -32.3. The van der Waals surface area contributed by atoms with Crippen molar-refractivity contribution < 1.29 is 109 Å². The molecule has 0 radical (unpaired) electrons. The standard InChI is InChI=1S/C16H14F16O8/c17-9(18,13(25,26)39-15(29,30)11(21,22)7(33)34)1-3-37-5-6-38-4-2-10(19,20)14(27,28)40-16(31,32)12(23,24)8(35)36/h1-6H2,(H,33,34)(H,35,36)/p-2. The van der Waals surface area contributed by atoms with Crippen LogP contribution in [0, 0.1) is 0 Å². The number of carbonyl (C=O) groups is 2. The molecule has 0 spiro atoms. The third-order valence-corrected chi connectivity index (χ3v) is 4.10. The first-order valence-corrected chi connectivity index (χ1v) is 9.52. The maximum Gasteiger partial charge on any atom is 0.429 e. The molecule has 0 unspecified atom stereocenters. The van der Waals surface area contributed by atoms with Crippen LogP contribution < -0.4 is 10.2 Å². The number of aliphatic carboxylic acids is 2. The zero-order chi connectivity index (χ0) is 32.2. The molecule has 24 heteroatoms. The van der Waals surface area contributed by atoms with E-state index in [2.05, 4.69) is 9.47 Å². The van der Waals surface area contributed by atoms with E-state index in [1.807, 2.05) is 9.47 Å². The highest BCUT2D eigenvalue weighted by molar-refractivity contribution is 5.74. The molecule has 0 rings (SSSR count). The van der Waals surface area contributed by atoms with Gasteiger partial charge >= 0.3 is 48.1 Å². The minimum Gasteiger partial charge on any atom is -0.544 e. The lowest BCUT2D eigenvalue weighted by molar-refractivity contribution is -0.472. The zero-order valence-corrected chi connectivity index (χ0v) is 18.6. The summed E-state index contributed by atoms with van der Waals surface area (Å²) in [7, 11) is 0. The maximum atomic E-state index is 13.4. The maximum absolute atomic E-state index is 13.4. The van der Waals surface area contributed by atoms with Gasteiger partial charge in [-0.15, -0.1) is 0 Å². The molecule has 0 fully saturated rings. The van der Waals surface area contributed by atoms with Crippen molar-refractivity contribution in [1.82, 2.24) is 0 Å². The quantitative estimate of drug-likeness (QED) is 0.157. The van der Waals surface area contributed by atoms with Crippen molar-refractivity contribution in [3.63, 3.8) is 0 Å². The van der Waals surface area contributed by atoms with Gasteiger partial charge in [0.15, 0.2) is 0 Å². The van der Waals surface area contributed by atoms with Gasteiger partial charge in [0.05, 0.1) is 26.4 Å². The Morgan fingerprint density at radius 3 is 0.925 bits per heavy atom. The first-order valence-electron chi connectivity index (χ1n) is 9.52. The number of halogens is 16. The molecule has 40 heavy (non-hydrogen) atoms. The van der Waals surface area contributed by atoms with Gasteiger partial charge in [0, 0.05) is 12.8 Å². The van der Waals surface area contributed by atoms with Crippen LogP contribution in [0.15, 0.2) is 0 Å². The number of hydrogen-bond donors (Lipinski definition) is 0. The van der Waals surface area contributed by atoms with Gasteiger partial charge in [-0.3, -0.25) is 0 Å². The predicted octanol–water partition coefficient (Wildman–Crippen LogP) is 2.25. The Balaban J connectivity index is 4.75. The molecule has 0 aliphatic carbocycles. The Bertz CT molecular complexity index is 809. The minimum atomic E-state index is -6.69. The highest BCUT2D eigenvalue weighted by Crippen LogP contribution is 2.47. The molecule has 0 bridgehead atoms. The van der Waals surface area contributed by atoms with Crippen LogP contribution >= 0.6 is 0 Å². The number of ether oxygens (including phenoxy) is 4. The van der Waals surface area contributed by atoms with E-state index in [0.717, 1.165) is 0 Å². The second-order valence-corrected chi connectivity index (χ2v) is 7.13. The van der Waals surface area contributed by atoms with Crippen LogP contribution in [0.5, 0.6) is 0 Å². The van der Waals surface area contributed by atoms with Crippen LogP contribution in [0.1, 0.15) is 12.8 Å². The molecule has 0 saturated carbocycles. The topological polar surface area (TPSA) is 117 Å². The van der Waals surface area contributed by atoms with Gasteiger partial charge in [-0.2, -0.15) is 70.2 Å². The Morgan fingerprint density at radius 1 is 0.450 bits per heavy atom. The molecule has 0 atom stereocenters. The van der Waals surface area contributed by atoms with Gasteiger partial charge in [-0.1, -0.05) is 0 Å². The second kappa shape index (κ2) is 12.3. The summed E-state index contributed by atoms with van der Waals surface area (Å²) in [5, 5.41) is 19.8. The van der Waals surface area contributed by atoms with E-state index in [4.69, 9.17) is 0 Å². The van der Waals surface area contributed by atoms with E-state index in [-0.39, 0.29) is 0 Å². The highest BCUT2D eigenvalue weighted by atomic mass is 19.4. The lowest BCUT2D eigenvalue weighted by atomic mass is 10.2. The van der Waals surface area contributed by atoms with Crippen LogP contribution in [-0.4, -0.2) is 86.5 Å². The molecule has 0 aromatic carbocycles. The average molecular weight is 636 g/mol. The normalized spacial score (nSPS) is 14.9. The number of carboxylic acids is 2. The number of rotatable bonds is 19. The van der Waals surface area contributed by atoms with Crippen LogP contribution in [-0.2, 0) is 28.5 Å². The third kappa shape index (κ3) is 8.58. The van der Waals surface area contributed by atoms with E-state index in [1.54, 1.807) is 0 Å². The molecule has 0 aliphatic heterocycles. The number of alkyl halides is 16. The van der Waals surface area contributed by atoms with E-state index < -0.39 is 99.3 Å². The molecule has 0 aromatic rings. The summed E-state index contributed by atoms with van der Waals surface area (Å²) >= 11 is 0. The second-order valence-electron chi connectivity index (χ2n) is 7.13. The summed E-state index contributed by atoms with van der Waals surface area (Å²) in [4.78, 5) is 19.8. The van der Waals surface area contributed by atoms with Crippen molar-refractivity contribution in [2.75, 3.05) is 26.4 Å². The Labute approximate surface area is 209 Å². The summed E-state index contributed by atoms with van der Waals surface area (Å²) in [6.45, 7) is -5.23. The van der Waals surface area contributed by atoms with E-state index in [1.165, 1.54) is 0 Å². The molecule has 0 N–H and O–H groups in total. The molecule has 0 amide bonds. The van der Waals surface area contributed by atoms with Crippen molar-refractivity contribution in [2.45, 2.75) is 61.0 Å². The summed E-state index contributed by atoms with van der Waals surface area (Å²) in [6, 6.07) is 0.